The summed E-state index contributed by atoms with van der Waals surface area (Å²) >= 11 is 1.36. The first kappa shape index (κ1) is 19.2. The average molecular weight is 364 g/mol. The Balaban J connectivity index is 2.59. The topological polar surface area (TPSA) is 69.9 Å². The molecule has 0 fully saturated rings. The Kier molecular flexibility index (Phi) is 6.00. The molecule has 0 saturated carbocycles. The predicted molar refractivity (Wildman–Crippen MR) is 97.6 cm³/mol. The molecule has 0 spiro atoms. The second-order valence-electron chi connectivity index (χ2n) is 6.51. The van der Waals surface area contributed by atoms with Gasteiger partial charge in [0.25, 0.3) is 5.91 Å². The molecule has 1 heterocycles. The third-order valence-corrected chi connectivity index (χ3v) is 4.44. The number of carbonyl (C=O) groups excluding carboxylic acids is 2. The van der Waals surface area contributed by atoms with Gasteiger partial charge >= 0.3 is 5.97 Å². The van der Waals surface area contributed by atoms with Crippen LogP contribution in [0.15, 0.2) is 23.2 Å². The van der Waals surface area contributed by atoms with Gasteiger partial charge in [-0.25, -0.2) is 0 Å². The number of carbonyl (C=O) groups is 2. The van der Waals surface area contributed by atoms with Crippen molar-refractivity contribution in [2.75, 3.05) is 13.2 Å². The van der Waals surface area contributed by atoms with Crippen molar-refractivity contribution >= 4 is 33.4 Å². The summed E-state index contributed by atoms with van der Waals surface area (Å²) < 4.78 is 13.2. The van der Waals surface area contributed by atoms with E-state index in [9.17, 15) is 9.59 Å². The van der Waals surface area contributed by atoms with E-state index in [-0.39, 0.29) is 18.4 Å². The number of fused-ring (bicyclic) bond motifs is 1. The molecule has 25 heavy (non-hydrogen) atoms. The molecule has 7 heteroatoms. The summed E-state index contributed by atoms with van der Waals surface area (Å²) in [6.07, 6.45) is 0. The molecule has 136 valence electrons. The van der Waals surface area contributed by atoms with E-state index in [2.05, 4.69) is 4.99 Å². The van der Waals surface area contributed by atoms with Gasteiger partial charge in [0.05, 0.1) is 23.4 Å². The van der Waals surface area contributed by atoms with Gasteiger partial charge in [0.1, 0.15) is 12.3 Å². The molecule has 0 atom stereocenters. The van der Waals surface area contributed by atoms with Crippen LogP contribution in [0.4, 0.5) is 0 Å². The molecule has 0 radical (unpaired) electrons. The van der Waals surface area contributed by atoms with Crippen molar-refractivity contribution in [1.29, 1.82) is 0 Å². The van der Waals surface area contributed by atoms with Crippen LogP contribution in [0.5, 0.6) is 5.75 Å². The zero-order valence-corrected chi connectivity index (χ0v) is 16.1. The third kappa shape index (κ3) is 4.69. The molecule has 6 nitrogen and oxygen atoms in total. The second kappa shape index (κ2) is 7.82. The van der Waals surface area contributed by atoms with Gasteiger partial charge in [-0.1, -0.05) is 32.1 Å². The maximum absolute atomic E-state index is 12.3. The molecule has 1 amide bonds. The monoisotopic (exact) mass is 364 g/mol. The standard InChI is InChI=1S/C18H24N2O4S/c1-6-23-12-8-9-13-14(10-12)25-17(19-16(22)18(3,4)5)20(13)11-15(21)24-7-2/h8-10H,6-7,11H2,1-5H3. The van der Waals surface area contributed by atoms with Crippen LogP contribution in [-0.2, 0) is 20.9 Å². The second-order valence-corrected chi connectivity index (χ2v) is 7.51. The van der Waals surface area contributed by atoms with Gasteiger partial charge in [0.15, 0.2) is 4.80 Å². The maximum atomic E-state index is 12.3. The van der Waals surface area contributed by atoms with E-state index in [4.69, 9.17) is 9.47 Å². The molecule has 0 aliphatic heterocycles. The summed E-state index contributed by atoms with van der Waals surface area (Å²) in [5.41, 5.74) is 0.232. The summed E-state index contributed by atoms with van der Waals surface area (Å²) in [5, 5.41) is 0. The number of thiazole rings is 1. The summed E-state index contributed by atoms with van der Waals surface area (Å²) in [7, 11) is 0. The molecule has 0 bridgehead atoms. The van der Waals surface area contributed by atoms with Crippen LogP contribution in [0, 0.1) is 5.41 Å². The highest BCUT2D eigenvalue weighted by atomic mass is 32.1. The minimum Gasteiger partial charge on any atom is -0.494 e. The quantitative estimate of drug-likeness (QED) is 0.764. The molecular formula is C18H24N2O4S. The lowest BCUT2D eigenvalue weighted by atomic mass is 9.96. The molecular weight excluding hydrogens is 340 g/mol. The van der Waals surface area contributed by atoms with Gasteiger partial charge in [-0.3, -0.25) is 9.59 Å². The summed E-state index contributed by atoms with van der Waals surface area (Å²) in [6, 6.07) is 5.61. The number of hydrogen-bond acceptors (Lipinski definition) is 5. The van der Waals surface area contributed by atoms with Crippen molar-refractivity contribution in [2.45, 2.75) is 41.2 Å². The Hall–Kier alpha value is -2.15. The number of esters is 1. The van der Waals surface area contributed by atoms with Crippen LogP contribution < -0.4 is 9.54 Å². The van der Waals surface area contributed by atoms with E-state index in [1.807, 2.05) is 45.9 Å². The predicted octanol–water partition coefficient (Wildman–Crippen LogP) is 3.14. The van der Waals surface area contributed by atoms with Gasteiger partial charge in [-0.15, -0.1) is 0 Å². The fourth-order valence-corrected chi connectivity index (χ4v) is 3.19. The smallest absolute Gasteiger partial charge is 0.326 e. The van der Waals surface area contributed by atoms with Crippen LogP contribution in [0.25, 0.3) is 10.2 Å². The van der Waals surface area contributed by atoms with E-state index in [0.717, 1.165) is 16.0 Å². The zero-order valence-electron chi connectivity index (χ0n) is 15.3. The van der Waals surface area contributed by atoms with Crippen LogP contribution in [0.2, 0.25) is 0 Å². The first-order valence-electron chi connectivity index (χ1n) is 8.27. The average Bonchev–Trinajstić information content (AvgIpc) is 2.84. The fraction of sp³-hybridized carbons (Fsp3) is 0.500. The number of aromatic nitrogens is 1. The molecule has 0 aliphatic carbocycles. The van der Waals surface area contributed by atoms with Gasteiger partial charge in [0, 0.05) is 5.41 Å². The largest absolute Gasteiger partial charge is 0.494 e. The fourth-order valence-electron chi connectivity index (χ4n) is 2.14. The van der Waals surface area contributed by atoms with E-state index >= 15 is 0 Å². The van der Waals surface area contributed by atoms with Crippen molar-refractivity contribution in [3.05, 3.63) is 23.0 Å². The van der Waals surface area contributed by atoms with Gasteiger partial charge in [-0.05, 0) is 32.0 Å². The minimum absolute atomic E-state index is 0.0120. The highest BCUT2D eigenvalue weighted by Gasteiger charge is 2.21. The van der Waals surface area contributed by atoms with Crippen molar-refractivity contribution in [2.24, 2.45) is 10.4 Å². The summed E-state index contributed by atoms with van der Waals surface area (Å²) in [4.78, 5) is 29.0. The Bertz CT molecular complexity index is 843. The molecule has 1 aromatic heterocycles. The van der Waals surface area contributed by atoms with Gasteiger partial charge < -0.3 is 14.0 Å². The minimum atomic E-state index is -0.589. The Labute approximate surface area is 151 Å². The first-order chi connectivity index (χ1) is 11.8. The Morgan fingerprint density at radius 2 is 1.92 bits per heavy atom. The first-order valence-corrected chi connectivity index (χ1v) is 9.09. The van der Waals surface area contributed by atoms with E-state index in [0.29, 0.717) is 18.0 Å². The number of hydrogen-bond donors (Lipinski definition) is 0. The third-order valence-electron chi connectivity index (χ3n) is 3.40. The highest BCUT2D eigenvalue weighted by Crippen LogP contribution is 2.24. The maximum Gasteiger partial charge on any atom is 0.326 e. The SMILES string of the molecule is CCOC(=O)Cn1c(=NC(=O)C(C)(C)C)sc2cc(OCC)ccc21. The normalized spacial score (nSPS) is 12.4. The lowest BCUT2D eigenvalue weighted by Crippen LogP contribution is -2.26. The molecule has 0 aliphatic rings. The van der Waals surface area contributed by atoms with Crippen LogP contribution in [0.1, 0.15) is 34.6 Å². The molecule has 2 rings (SSSR count). The lowest BCUT2D eigenvalue weighted by molar-refractivity contribution is -0.143. The number of amides is 1. The van der Waals surface area contributed by atoms with Crippen molar-refractivity contribution < 1.29 is 19.1 Å². The number of ether oxygens (including phenoxy) is 2. The van der Waals surface area contributed by atoms with Crippen molar-refractivity contribution in [3.8, 4) is 5.75 Å². The number of nitrogens with zero attached hydrogens (tertiary/aromatic N) is 2. The van der Waals surface area contributed by atoms with Crippen molar-refractivity contribution in [1.82, 2.24) is 4.57 Å². The molecule has 0 unspecified atom stereocenters. The molecule has 2 aromatic rings. The Morgan fingerprint density at radius 1 is 1.20 bits per heavy atom. The molecule has 0 N–H and O–H groups in total. The van der Waals surface area contributed by atoms with E-state index in [1.54, 1.807) is 11.5 Å². The summed E-state index contributed by atoms with van der Waals surface area (Å²) in [5.74, 6) is 0.149. The van der Waals surface area contributed by atoms with E-state index < -0.39 is 5.41 Å². The van der Waals surface area contributed by atoms with Crippen LogP contribution >= 0.6 is 11.3 Å². The van der Waals surface area contributed by atoms with Gasteiger partial charge in [0.2, 0.25) is 0 Å². The molecule has 0 saturated heterocycles. The molecule has 1 aromatic carbocycles. The highest BCUT2D eigenvalue weighted by molar-refractivity contribution is 7.16. The van der Waals surface area contributed by atoms with Crippen LogP contribution in [-0.4, -0.2) is 29.7 Å². The van der Waals surface area contributed by atoms with Crippen LogP contribution in [0.3, 0.4) is 0 Å². The Morgan fingerprint density at radius 3 is 2.52 bits per heavy atom. The number of benzene rings is 1. The summed E-state index contributed by atoms with van der Waals surface area (Å²) in [6.45, 7) is 10.0. The lowest BCUT2D eigenvalue weighted by Gasteiger charge is -2.12. The van der Waals surface area contributed by atoms with Crippen molar-refractivity contribution in [3.63, 3.8) is 0 Å². The van der Waals surface area contributed by atoms with E-state index in [1.165, 1.54) is 11.3 Å². The zero-order chi connectivity index (χ0) is 18.6. The van der Waals surface area contributed by atoms with Gasteiger partial charge in [-0.2, -0.15) is 4.99 Å². The number of rotatable bonds is 5.